The van der Waals surface area contributed by atoms with Gasteiger partial charge in [-0.15, -0.1) is 0 Å². The van der Waals surface area contributed by atoms with Crippen molar-refractivity contribution in [2.75, 3.05) is 13.2 Å². The minimum Gasteiger partial charge on any atom is -0.462 e. The Bertz CT molecular complexity index is 959. The van der Waals surface area contributed by atoms with Gasteiger partial charge in [0.1, 0.15) is 0 Å². The van der Waals surface area contributed by atoms with Crippen LogP contribution >= 0.6 is 0 Å². The molecular weight excluding hydrogens is 444 g/mol. The maximum Gasteiger partial charge on any atom is 0.333 e. The van der Waals surface area contributed by atoms with Crippen molar-refractivity contribution < 1.29 is 14.6 Å². The largest absolute Gasteiger partial charge is 0.462 e. The number of aliphatic hydroxyl groups is 1. The van der Waals surface area contributed by atoms with Gasteiger partial charge in [0.2, 0.25) is 0 Å². The molecule has 1 aliphatic carbocycles. The molecule has 0 bridgehead atoms. The molecule has 2 aromatic carbocycles. The van der Waals surface area contributed by atoms with Crippen LogP contribution in [0.4, 0.5) is 0 Å². The van der Waals surface area contributed by atoms with Gasteiger partial charge in [-0.25, -0.2) is 4.79 Å². The van der Waals surface area contributed by atoms with Crippen LogP contribution in [-0.4, -0.2) is 24.3 Å². The SMILES string of the molecule is C=C(C)C(=O)OCC(CCO)c1ccc2c(c1)CCC(CCc1ccc(CCCCCCC)cc1)C2. The first-order valence-electron chi connectivity index (χ1n) is 14.1. The summed E-state index contributed by atoms with van der Waals surface area (Å²) in [5.74, 6) is 0.378. The molecule has 0 spiro atoms. The van der Waals surface area contributed by atoms with Gasteiger partial charge < -0.3 is 9.84 Å². The normalized spacial score (nSPS) is 15.8. The first-order chi connectivity index (χ1) is 17.5. The van der Waals surface area contributed by atoms with Crippen LogP contribution in [0.25, 0.3) is 0 Å². The lowest BCUT2D eigenvalue weighted by atomic mass is 9.79. The second kappa shape index (κ2) is 15.0. The van der Waals surface area contributed by atoms with Gasteiger partial charge in [0.25, 0.3) is 0 Å². The second-order valence-corrected chi connectivity index (χ2v) is 10.7. The van der Waals surface area contributed by atoms with Crippen LogP contribution in [0.1, 0.15) is 98.9 Å². The van der Waals surface area contributed by atoms with E-state index in [-0.39, 0.29) is 25.1 Å². The fraction of sp³-hybridized carbons (Fsp3) is 0.545. The lowest BCUT2D eigenvalue weighted by molar-refractivity contribution is -0.139. The number of esters is 1. The number of carbonyl (C=O) groups is 1. The topological polar surface area (TPSA) is 46.5 Å². The van der Waals surface area contributed by atoms with Gasteiger partial charge in [-0.2, -0.15) is 0 Å². The van der Waals surface area contributed by atoms with Crippen LogP contribution in [-0.2, 0) is 35.2 Å². The monoisotopic (exact) mass is 490 g/mol. The fourth-order valence-electron chi connectivity index (χ4n) is 5.33. The van der Waals surface area contributed by atoms with Crippen molar-refractivity contribution in [3.05, 3.63) is 82.4 Å². The summed E-state index contributed by atoms with van der Waals surface area (Å²) in [6.07, 6.45) is 14.4. The van der Waals surface area contributed by atoms with Crippen LogP contribution in [0.5, 0.6) is 0 Å². The second-order valence-electron chi connectivity index (χ2n) is 10.7. The van der Waals surface area contributed by atoms with Gasteiger partial charge in [0.15, 0.2) is 0 Å². The number of ether oxygens (including phenoxy) is 1. The van der Waals surface area contributed by atoms with E-state index < -0.39 is 0 Å². The summed E-state index contributed by atoms with van der Waals surface area (Å²) in [6.45, 7) is 7.94. The van der Waals surface area contributed by atoms with Crippen LogP contribution in [0, 0.1) is 5.92 Å². The van der Waals surface area contributed by atoms with Crippen LogP contribution < -0.4 is 0 Å². The van der Waals surface area contributed by atoms with Crippen molar-refractivity contribution in [3.63, 3.8) is 0 Å². The Labute approximate surface area is 219 Å². The quantitative estimate of drug-likeness (QED) is 0.159. The third-order valence-electron chi connectivity index (χ3n) is 7.71. The third kappa shape index (κ3) is 8.92. The average molecular weight is 491 g/mol. The summed E-state index contributed by atoms with van der Waals surface area (Å²) >= 11 is 0. The smallest absolute Gasteiger partial charge is 0.333 e. The molecule has 3 heteroatoms. The first kappa shape index (κ1) is 28.2. The predicted molar refractivity (Wildman–Crippen MR) is 149 cm³/mol. The third-order valence-corrected chi connectivity index (χ3v) is 7.71. The molecule has 0 saturated carbocycles. The molecule has 0 saturated heterocycles. The summed E-state index contributed by atoms with van der Waals surface area (Å²) in [5.41, 5.74) is 7.37. The number of rotatable bonds is 15. The highest BCUT2D eigenvalue weighted by molar-refractivity contribution is 5.86. The Morgan fingerprint density at radius 2 is 1.75 bits per heavy atom. The summed E-state index contributed by atoms with van der Waals surface area (Å²) in [7, 11) is 0. The number of fused-ring (bicyclic) bond motifs is 1. The molecule has 2 atom stereocenters. The Kier molecular flexibility index (Phi) is 11.7. The number of aryl methyl sites for hydroxylation is 3. The number of hydrogen-bond donors (Lipinski definition) is 1. The highest BCUT2D eigenvalue weighted by Crippen LogP contribution is 2.32. The molecule has 1 aliphatic rings. The molecule has 2 aromatic rings. The van der Waals surface area contributed by atoms with Gasteiger partial charge in [0.05, 0.1) is 6.61 Å². The fourth-order valence-corrected chi connectivity index (χ4v) is 5.33. The minimum atomic E-state index is -0.365. The molecule has 36 heavy (non-hydrogen) atoms. The molecule has 3 rings (SSSR count). The molecule has 0 aliphatic heterocycles. The summed E-state index contributed by atoms with van der Waals surface area (Å²) < 4.78 is 5.40. The molecule has 0 aromatic heterocycles. The van der Waals surface area contributed by atoms with Crippen LogP contribution in [0.3, 0.4) is 0 Å². The van der Waals surface area contributed by atoms with E-state index >= 15 is 0 Å². The predicted octanol–water partition coefficient (Wildman–Crippen LogP) is 7.52. The molecule has 0 amide bonds. The van der Waals surface area contributed by atoms with E-state index in [9.17, 15) is 9.90 Å². The molecule has 0 heterocycles. The van der Waals surface area contributed by atoms with E-state index in [0.717, 1.165) is 30.7 Å². The van der Waals surface area contributed by atoms with Crippen LogP contribution in [0.2, 0.25) is 0 Å². The molecule has 0 fully saturated rings. The van der Waals surface area contributed by atoms with E-state index in [1.54, 1.807) is 6.92 Å². The Morgan fingerprint density at radius 1 is 1.03 bits per heavy atom. The number of carbonyl (C=O) groups excluding carboxylic acids is 1. The van der Waals surface area contributed by atoms with Gasteiger partial charge >= 0.3 is 5.97 Å². The molecule has 3 nitrogen and oxygen atoms in total. The van der Waals surface area contributed by atoms with Crippen molar-refractivity contribution >= 4 is 5.97 Å². The number of benzene rings is 2. The zero-order valence-corrected chi connectivity index (χ0v) is 22.6. The Balaban J connectivity index is 1.48. The van der Waals surface area contributed by atoms with E-state index in [2.05, 4.69) is 56.0 Å². The summed E-state index contributed by atoms with van der Waals surface area (Å²) in [6, 6.07) is 16.1. The maximum atomic E-state index is 11.8. The Morgan fingerprint density at radius 3 is 2.44 bits per heavy atom. The zero-order valence-electron chi connectivity index (χ0n) is 22.6. The molecule has 2 unspecified atom stereocenters. The number of hydrogen-bond acceptors (Lipinski definition) is 3. The van der Waals surface area contributed by atoms with E-state index in [1.165, 1.54) is 73.6 Å². The van der Waals surface area contributed by atoms with Crippen molar-refractivity contribution in [1.82, 2.24) is 0 Å². The molecule has 196 valence electrons. The van der Waals surface area contributed by atoms with E-state index in [1.807, 2.05) is 0 Å². The summed E-state index contributed by atoms with van der Waals surface area (Å²) in [4.78, 5) is 11.8. The zero-order chi connectivity index (χ0) is 25.8. The van der Waals surface area contributed by atoms with E-state index in [0.29, 0.717) is 12.0 Å². The lowest BCUT2D eigenvalue weighted by Crippen LogP contribution is -2.17. The van der Waals surface area contributed by atoms with Gasteiger partial charge in [0, 0.05) is 18.1 Å². The number of aliphatic hydroxyl groups excluding tert-OH is 1. The van der Waals surface area contributed by atoms with E-state index in [4.69, 9.17) is 4.74 Å². The highest BCUT2D eigenvalue weighted by atomic mass is 16.5. The average Bonchev–Trinajstić information content (AvgIpc) is 2.89. The molecule has 0 radical (unpaired) electrons. The van der Waals surface area contributed by atoms with Crippen molar-refractivity contribution in [2.45, 2.75) is 96.8 Å². The Hall–Kier alpha value is -2.39. The van der Waals surface area contributed by atoms with Crippen LogP contribution in [0.15, 0.2) is 54.6 Å². The van der Waals surface area contributed by atoms with Gasteiger partial charge in [-0.1, -0.05) is 81.7 Å². The minimum absolute atomic E-state index is 0.0145. The van der Waals surface area contributed by atoms with Gasteiger partial charge in [-0.3, -0.25) is 0 Å². The first-order valence-corrected chi connectivity index (χ1v) is 14.1. The lowest BCUT2D eigenvalue weighted by Gasteiger charge is -2.26. The summed E-state index contributed by atoms with van der Waals surface area (Å²) in [5, 5.41) is 9.52. The maximum absolute atomic E-state index is 11.8. The molecular formula is C33H46O3. The van der Waals surface area contributed by atoms with Crippen molar-refractivity contribution in [3.8, 4) is 0 Å². The van der Waals surface area contributed by atoms with Gasteiger partial charge in [-0.05, 0) is 92.0 Å². The standard InChI is InChI=1S/C33H46O3/c1-4-5-6-7-8-9-26-10-12-27(13-11-26)14-15-28-16-17-30-23-31(19-18-29(30)22-28)32(20-21-34)24-36-33(35)25(2)3/h10-13,18-19,23,28,32,34H,2,4-9,14-17,20-22,24H2,1,3H3. The van der Waals surface area contributed by atoms with Crippen molar-refractivity contribution in [2.24, 2.45) is 5.92 Å². The molecule has 1 N–H and O–H groups in total. The highest BCUT2D eigenvalue weighted by Gasteiger charge is 2.21. The number of unbranched alkanes of at least 4 members (excludes halogenated alkanes) is 4. The van der Waals surface area contributed by atoms with Crippen molar-refractivity contribution in [1.29, 1.82) is 0 Å².